The molecule has 11 heteroatoms. The highest BCUT2D eigenvalue weighted by molar-refractivity contribution is 6.30. The Kier molecular flexibility index (Phi) is 6.68. The minimum Gasteiger partial charge on any atom is -0.425 e. The number of rotatable bonds is 5. The zero-order valence-electron chi connectivity index (χ0n) is 18.4. The molecule has 1 saturated heterocycles. The van der Waals surface area contributed by atoms with Crippen LogP contribution in [0.4, 0.5) is 9.18 Å². The Morgan fingerprint density at radius 1 is 1.32 bits per heavy atom. The fourth-order valence-corrected chi connectivity index (χ4v) is 4.44. The van der Waals surface area contributed by atoms with Crippen LogP contribution in [0.25, 0.3) is 0 Å². The number of aromatic nitrogens is 4. The Hall–Kier alpha value is -3.11. The number of carbonyl (C=O) groups excluding carboxylic acids is 1. The predicted octanol–water partition coefficient (Wildman–Crippen LogP) is 3.48. The molecule has 0 saturated carbocycles. The van der Waals surface area contributed by atoms with Crippen LogP contribution in [0.15, 0.2) is 35.2 Å². The molecule has 3 aromatic rings. The molecule has 2 aromatic heterocycles. The summed E-state index contributed by atoms with van der Waals surface area (Å²) in [5, 5.41) is 10.5. The van der Waals surface area contributed by atoms with Gasteiger partial charge in [-0.2, -0.15) is 0 Å². The van der Waals surface area contributed by atoms with Gasteiger partial charge in [-0.3, -0.25) is 0 Å². The summed E-state index contributed by atoms with van der Waals surface area (Å²) in [5.41, 5.74) is 2.34. The number of urea groups is 1. The van der Waals surface area contributed by atoms with Crippen molar-refractivity contribution in [1.29, 1.82) is 0 Å². The zero-order chi connectivity index (χ0) is 23.5. The normalized spacial score (nSPS) is 17.3. The second kappa shape index (κ2) is 10.0. The van der Waals surface area contributed by atoms with Crippen molar-refractivity contribution < 1.29 is 18.3 Å². The second-order valence-electron chi connectivity index (χ2n) is 8.52. The first-order valence-corrected chi connectivity index (χ1v) is 11.6. The summed E-state index contributed by atoms with van der Waals surface area (Å²) >= 11 is 5.82. The van der Waals surface area contributed by atoms with Gasteiger partial charge < -0.3 is 19.4 Å². The molecule has 2 aliphatic rings. The first-order chi connectivity index (χ1) is 16.6. The predicted molar refractivity (Wildman–Crippen MR) is 119 cm³/mol. The summed E-state index contributed by atoms with van der Waals surface area (Å²) in [6.07, 6.45) is 6.53. The first-order valence-electron chi connectivity index (χ1n) is 11.2. The summed E-state index contributed by atoms with van der Waals surface area (Å²) in [4.78, 5) is 24.2. The number of halogens is 2. The summed E-state index contributed by atoms with van der Waals surface area (Å²) < 4.78 is 24.9. The molecule has 1 N–H and O–H groups in total. The van der Waals surface area contributed by atoms with E-state index in [1.54, 1.807) is 11.0 Å². The van der Waals surface area contributed by atoms with Gasteiger partial charge in [0.1, 0.15) is 17.7 Å². The molecule has 2 aliphatic heterocycles. The number of hydrogen-bond donors (Lipinski definition) is 1. The van der Waals surface area contributed by atoms with Gasteiger partial charge in [0, 0.05) is 32.4 Å². The van der Waals surface area contributed by atoms with Crippen molar-refractivity contribution in [2.45, 2.75) is 38.3 Å². The Labute approximate surface area is 200 Å². The molecule has 2 amide bonds. The molecule has 1 fully saturated rings. The molecule has 1 atom stereocenters. The van der Waals surface area contributed by atoms with Gasteiger partial charge in [0.05, 0.1) is 17.3 Å². The van der Waals surface area contributed by atoms with Gasteiger partial charge in [-0.25, -0.2) is 19.2 Å². The third kappa shape index (κ3) is 5.02. The van der Waals surface area contributed by atoms with E-state index >= 15 is 0 Å². The SMILES string of the molecule is O=C(N[C@H](c1ccc(Cl)c(F)c1)c1nnco1)N1CCc2cnc(CC3CCOCC3)nc2C1. The number of hydrogen-bond acceptors (Lipinski definition) is 7. The molecule has 0 spiro atoms. The van der Waals surface area contributed by atoms with E-state index in [9.17, 15) is 9.18 Å². The van der Waals surface area contributed by atoms with Gasteiger partial charge in [-0.1, -0.05) is 17.7 Å². The lowest BCUT2D eigenvalue weighted by Gasteiger charge is -2.30. The monoisotopic (exact) mass is 486 g/mol. The number of nitrogens with one attached hydrogen (secondary N) is 1. The zero-order valence-corrected chi connectivity index (χ0v) is 19.2. The number of ether oxygens (including phenoxy) is 1. The van der Waals surface area contributed by atoms with E-state index in [-0.39, 0.29) is 16.9 Å². The number of fused-ring (bicyclic) bond motifs is 1. The minimum absolute atomic E-state index is 0.0109. The lowest BCUT2D eigenvalue weighted by Crippen LogP contribution is -2.44. The van der Waals surface area contributed by atoms with Crippen LogP contribution in [-0.2, 0) is 24.1 Å². The maximum atomic E-state index is 14.1. The third-order valence-electron chi connectivity index (χ3n) is 6.26. The van der Waals surface area contributed by atoms with Crippen LogP contribution in [-0.4, -0.2) is 50.9 Å². The minimum atomic E-state index is -0.822. The van der Waals surface area contributed by atoms with Crippen LogP contribution < -0.4 is 5.32 Å². The van der Waals surface area contributed by atoms with Crippen molar-refractivity contribution >= 4 is 17.6 Å². The molecule has 4 heterocycles. The topological polar surface area (TPSA) is 106 Å². The first kappa shape index (κ1) is 22.7. The molecule has 0 aliphatic carbocycles. The fourth-order valence-electron chi connectivity index (χ4n) is 4.33. The van der Waals surface area contributed by atoms with Gasteiger partial charge in [-0.15, -0.1) is 10.2 Å². The van der Waals surface area contributed by atoms with E-state index < -0.39 is 11.9 Å². The lowest BCUT2D eigenvalue weighted by atomic mass is 9.96. The molecule has 0 unspecified atom stereocenters. The van der Waals surface area contributed by atoms with Crippen molar-refractivity contribution in [2.75, 3.05) is 19.8 Å². The summed E-state index contributed by atoms with van der Waals surface area (Å²) in [5.74, 6) is 0.866. The molecular weight excluding hydrogens is 463 g/mol. The highest BCUT2D eigenvalue weighted by Crippen LogP contribution is 2.26. The Morgan fingerprint density at radius 2 is 2.18 bits per heavy atom. The Balaban J connectivity index is 1.30. The molecular formula is C23H24ClFN6O3. The summed E-state index contributed by atoms with van der Waals surface area (Å²) in [7, 11) is 0. The van der Waals surface area contributed by atoms with Crippen LogP contribution in [0, 0.1) is 11.7 Å². The van der Waals surface area contributed by atoms with Gasteiger partial charge in [-0.05, 0) is 48.4 Å². The van der Waals surface area contributed by atoms with Crippen molar-refractivity contribution in [1.82, 2.24) is 30.4 Å². The van der Waals surface area contributed by atoms with Crippen LogP contribution in [0.2, 0.25) is 5.02 Å². The number of nitrogens with zero attached hydrogens (tertiary/aromatic N) is 5. The molecule has 178 valence electrons. The maximum Gasteiger partial charge on any atom is 0.318 e. The highest BCUT2D eigenvalue weighted by Gasteiger charge is 2.28. The molecule has 9 nitrogen and oxygen atoms in total. The molecule has 0 bridgehead atoms. The van der Waals surface area contributed by atoms with Gasteiger partial charge >= 0.3 is 6.03 Å². The number of carbonyl (C=O) groups is 1. The van der Waals surface area contributed by atoms with E-state index in [1.807, 2.05) is 6.20 Å². The van der Waals surface area contributed by atoms with E-state index in [0.29, 0.717) is 31.0 Å². The summed E-state index contributed by atoms with van der Waals surface area (Å²) in [6.45, 7) is 2.42. The van der Waals surface area contributed by atoms with Crippen molar-refractivity contribution in [2.24, 2.45) is 5.92 Å². The highest BCUT2D eigenvalue weighted by atomic mass is 35.5. The quantitative estimate of drug-likeness (QED) is 0.588. The van der Waals surface area contributed by atoms with Crippen molar-refractivity contribution in [3.8, 4) is 0 Å². The van der Waals surface area contributed by atoms with Crippen molar-refractivity contribution in [3.63, 3.8) is 0 Å². The Bertz CT molecular complexity index is 1160. The van der Waals surface area contributed by atoms with Crippen LogP contribution >= 0.6 is 11.6 Å². The maximum absolute atomic E-state index is 14.1. The van der Waals surface area contributed by atoms with Crippen LogP contribution in [0.5, 0.6) is 0 Å². The average Bonchev–Trinajstić information content (AvgIpc) is 3.39. The largest absolute Gasteiger partial charge is 0.425 e. The lowest BCUT2D eigenvalue weighted by molar-refractivity contribution is 0.0659. The van der Waals surface area contributed by atoms with Gasteiger partial charge in [0.15, 0.2) is 0 Å². The standard InChI is InChI=1S/C23H24ClFN6O3/c24-17-2-1-15(10-18(17)25)21(22-30-27-13-34-22)29-23(32)31-6-3-16-11-26-20(28-19(16)12-31)9-14-4-7-33-8-5-14/h1-2,10-11,13-14,21H,3-9,12H2,(H,29,32)/t21-/m1/s1. The van der Waals surface area contributed by atoms with Crippen LogP contribution in [0.3, 0.4) is 0 Å². The second-order valence-corrected chi connectivity index (χ2v) is 8.93. The summed E-state index contributed by atoms with van der Waals surface area (Å²) in [6, 6.07) is 3.13. The van der Waals surface area contributed by atoms with E-state index in [2.05, 4.69) is 20.5 Å². The molecule has 1 aromatic carbocycles. The third-order valence-corrected chi connectivity index (χ3v) is 6.57. The van der Waals surface area contributed by atoms with Crippen LogP contribution in [0.1, 0.15) is 47.4 Å². The number of amides is 2. The van der Waals surface area contributed by atoms with Gasteiger partial charge in [0.25, 0.3) is 0 Å². The van der Waals surface area contributed by atoms with E-state index in [1.165, 1.54) is 12.1 Å². The average molecular weight is 487 g/mol. The fraction of sp³-hybridized carbons (Fsp3) is 0.435. The smallest absolute Gasteiger partial charge is 0.318 e. The van der Waals surface area contributed by atoms with E-state index in [4.69, 9.17) is 25.7 Å². The van der Waals surface area contributed by atoms with E-state index in [0.717, 1.165) is 56.0 Å². The van der Waals surface area contributed by atoms with Crippen molar-refractivity contribution in [3.05, 3.63) is 70.2 Å². The molecule has 5 rings (SSSR count). The van der Waals surface area contributed by atoms with Gasteiger partial charge in [0.2, 0.25) is 12.3 Å². The number of benzene rings is 1. The molecule has 0 radical (unpaired) electrons. The Morgan fingerprint density at radius 3 is 2.94 bits per heavy atom. The molecule has 34 heavy (non-hydrogen) atoms.